The normalized spacial score (nSPS) is 20.1. The lowest BCUT2D eigenvalue weighted by molar-refractivity contribution is -0.147. The van der Waals surface area contributed by atoms with Crippen LogP contribution < -0.4 is 4.74 Å². The van der Waals surface area contributed by atoms with Crippen molar-refractivity contribution in [1.29, 1.82) is 0 Å². The van der Waals surface area contributed by atoms with Gasteiger partial charge in [0.05, 0.1) is 10.9 Å². The van der Waals surface area contributed by atoms with Crippen molar-refractivity contribution in [3.8, 4) is 11.6 Å². The lowest BCUT2D eigenvalue weighted by Gasteiger charge is -2.10. The number of aromatic nitrogens is 1. The van der Waals surface area contributed by atoms with Crippen LogP contribution in [0.25, 0.3) is 0 Å². The van der Waals surface area contributed by atoms with Gasteiger partial charge < -0.3 is 9.47 Å². The van der Waals surface area contributed by atoms with Crippen LogP contribution in [-0.2, 0) is 16.1 Å². The number of pyridine rings is 1. The average molecular weight is 529 g/mol. The number of halogens is 7. The number of nitrogens with zero attached hydrogens (tertiary/aromatic N) is 1. The molecule has 1 heterocycles. The van der Waals surface area contributed by atoms with E-state index >= 15 is 0 Å². The van der Waals surface area contributed by atoms with Crippen LogP contribution in [0.4, 0.5) is 13.2 Å². The van der Waals surface area contributed by atoms with E-state index in [4.69, 9.17) is 55.9 Å². The molecule has 0 saturated heterocycles. The Labute approximate surface area is 202 Å². The van der Waals surface area contributed by atoms with Crippen molar-refractivity contribution in [2.24, 2.45) is 17.3 Å². The SMILES string of the molecule is CC1(C)C(/C=C(\Cl)C(F)(F)F)C1C(=O)OCc1cccc(Oc2nc(Cl)c(Cl)cc2Cl)c1. The number of ether oxygens (including phenoxy) is 2. The van der Waals surface area contributed by atoms with E-state index in [2.05, 4.69) is 4.98 Å². The average Bonchev–Trinajstić information content (AvgIpc) is 3.23. The maximum absolute atomic E-state index is 12.7. The van der Waals surface area contributed by atoms with Gasteiger partial charge in [0.25, 0.3) is 0 Å². The first-order valence-corrected chi connectivity index (χ1v) is 10.7. The standard InChI is InChI=1S/C21H16Cl4F3NO3/c1-20(2)12(7-15(24)21(26,27)28)16(20)19(30)31-9-10-4-3-5-11(6-10)32-18-14(23)8-13(22)17(25)29-18/h3-8,12,16H,9H2,1-2H3/b15-7-. The fourth-order valence-corrected chi connectivity index (χ4v) is 3.91. The summed E-state index contributed by atoms with van der Waals surface area (Å²) in [5, 5.41) is -0.885. The second kappa shape index (κ2) is 9.29. The number of rotatable bonds is 6. The lowest BCUT2D eigenvalue weighted by atomic mass is 10.1. The summed E-state index contributed by atoms with van der Waals surface area (Å²) in [4.78, 5) is 16.4. The highest BCUT2D eigenvalue weighted by Crippen LogP contribution is 2.60. The summed E-state index contributed by atoms with van der Waals surface area (Å²) in [7, 11) is 0. The molecule has 1 saturated carbocycles. The van der Waals surface area contributed by atoms with Crippen molar-refractivity contribution in [2.45, 2.75) is 26.6 Å². The minimum Gasteiger partial charge on any atom is -0.461 e. The number of carbonyl (C=O) groups excluding carboxylic acids is 1. The summed E-state index contributed by atoms with van der Waals surface area (Å²) in [6, 6.07) is 7.99. The van der Waals surface area contributed by atoms with Gasteiger partial charge in [-0.2, -0.15) is 18.2 Å². The zero-order valence-corrected chi connectivity index (χ0v) is 19.7. The van der Waals surface area contributed by atoms with Crippen molar-refractivity contribution in [1.82, 2.24) is 4.98 Å². The van der Waals surface area contributed by atoms with E-state index in [1.165, 1.54) is 6.07 Å². The van der Waals surface area contributed by atoms with Crippen molar-refractivity contribution in [3.05, 3.63) is 62.2 Å². The van der Waals surface area contributed by atoms with E-state index in [-0.39, 0.29) is 27.7 Å². The molecule has 11 heteroatoms. The molecule has 4 nitrogen and oxygen atoms in total. The molecule has 2 aromatic rings. The second-order valence-electron chi connectivity index (χ2n) is 7.74. The molecule has 0 amide bonds. The van der Waals surface area contributed by atoms with Gasteiger partial charge in [0.2, 0.25) is 5.88 Å². The fourth-order valence-electron chi connectivity index (χ4n) is 3.25. The maximum Gasteiger partial charge on any atom is 0.426 e. The Hall–Kier alpha value is -1.67. The van der Waals surface area contributed by atoms with Crippen molar-refractivity contribution in [3.63, 3.8) is 0 Å². The quantitative estimate of drug-likeness (QED) is 0.283. The minimum absolute atomic E-state index is 0.0254. The molecule has 0 bridgehead atoms. The first-order chi connectivity index (χ1) is 14.8. The first-order valence-electron chi connectivity index (χ1n) is 9.20. The predicted octanol–water partition coefficient (Wildman–Crippen LogP) is 7.83. The van der Waals surface area contributed by atoms with Gasteiger partial charge in [-0.05, 0) is 35.1 Å². The zero-order chi connectivity index (χ0) is 23.8. The summed E-state index contributed by atoms with van der Waals surface area (Å²) in [6.45, 7) is 3.26. The second-order valence-corrected chi connectivity index (χ2v) is 9.32. The van der Waals surface area contributed by atoms with Gasteiger partial charge in [-0.15, -0.1) is 0 Å². The number of alkyl halides is 3. The molecule has 1 fully saturated rings. The van der Waals surface area contributed by atoms with Crippen LogP contribution >= 0.6 is 46.4 Å². The van der Waals surface area contributed by atoms with E-state index in [0.717, 1.165) is 6.08 Å². The molecule has 1 aliphatic carbocycles. The number of hydrogen-bond donors (Lipinski definition) is 0. The van der Waals surface area contributed by atoms with E-state index in [9.17, 15) is 18.0 Å². The number of hydrogen-bond acceptors (Lipinski definition) is 4. The number of esters is 1. The molecule has 1 aromatic heterocycles. The molecule has 0 radical (unpaired) electrons. The predicted molar refractivity (Wildman–Crippen MR) is 116 cm³/mol. The first kappa shape index (κ1) is 25.0. The third-order valence-corrected chi connectivity index (χ3v) is 6.39. The molecule has 2 atom stereocenters. The highest BCUT2D eigenvalue weighted by Gasteiger charge is 2.62. The van der Waals surface area contributed by atoms with E-state index in [0.29, 0.717) is 11.3 Å². The van der Waals surface area contributed by atoms with Gasteiger partial charge in [0, 0.05) is 0 Å². The molecular weight excluding hydrogens is 513 g/mol. The van der Waals surface area contributed by atoms with Crippen molar-refractivity contribution in [2.75, 3.05) is 0 Å². The minimum atomic E-state index is -4.65. The smallest absolute Gasteiger partial charge is 0.426 e. The summed E-state index contributed by atoms with van der Waals surface area (Å²) in [5.41, 5.74) is -0.102. The fraction of sp³-hybridized carbons (Fsp3) is 0.333. The summed E-state index contributed by atoms with van der Waals surface area (Å²) < 4.78 is 49.0. The summed E-state index contributed by atoms with van der Waals surface area (Å²) in [6.07, 6.45) is -3.78. The molecule has 2 unspecified atom stereocenters. The maximum atomic E-state index is 12.7. The van der Waals surface area contributed by atoms with Crippen molar-refractivity contribution >= 4 is 52.4 Å². The van der Waals surface area contributed by atoms with Gasteiger partial charge in [0.1, 0.15) is 22.4 Å². The van der Waals surface area contributed by atoms with Gasteiger partial charge in [0.15, 0.2) is 5.15 Å². The Morgan fingerprint density at radius 3 is 2.53 bits per heavy atom. The molecule has 32 heavy (non-hydrogen) atoms. The lowest BCUT2D eigenvalue weighted by Crippen LogP contribution is -2.11. The topological polar surface area (TPSA) is 48.4 Å². The molecule has 172 valence electrons. The molecule has 0 N–H and O–H groups in total. The Bertz CT molecular complexity index is 1070. The number of carbonyl (C=O) groups is 1. The number of allylic oxidation sites excluding steroid dienone is 2. The van der Waals surface area contributed by atoms with Crippen molar-refractivity contribution < 1.29 is 27.4 Å². The zero-order valence-electron chi connectivity index (χ0n) is 16.6. The highest BCUT2D eigenvalue weighted by atomic mass is 35.5. The third-order valence-electron chi connectivity index (χ3n) is 5.11. The van der Waals surface area contributed by atoms with Gasteiger partial charge in [-0.25, -0.2) is 0 Å². The number of benzene rings is 1. The monoisotopic (exact) mass is 527 g/mol. The van der Waals surface area contributed by atoms with E-state index in [1.807, 2.05) is 0 Å². The molecule has 1 aromatic carbocycles. The van der Waals surface area contributed by atoms with E-state index < -0.39 is 34.4 Å². The Balaban J connectivity index is 1.64. The largest absolute Gasteiger partial charge is 0.461 e. The van der Waals surface area contributed by atoms with Crippen LogP contribution in [0.15, 0.2) is 41.4 Å². The van der Waals surface area contributed by atoms with Gasteiger partial charge in [-0.3, -0.25) is 4.79 Å². The van der Waals surface area contributed by atoms with Gasteiger partial charge in [-0.1, -0.05) is 78.5 Å². The van der Waals surface area contributed by atoms with Crippen LogP contribution in [0.5, 0.6) is 11.6 Å². The van der Waals surface area contributed by atoms with Crippen LogP contribution in [0.3, 0.4) is 0 Å². The molecule has 0 aliphatic heterocycles. The summed E-state index contributed by atoms with van der Waals surface area (Å²) >= 11 is 23.1. The third kappa shape index (κ3) is 5.63. The van der Waals surface area contributed by atoms with E-state index in [1.54, 1.807) is 38.1 Å². The molecule has 0 spiro atoms. The Morgan fingerprint density at radius 1 is 1.19 bits per heavy atom. The Morgan fingerprint density at radius 2 is 1.88 bits per heavy atom. The molecule has 3 rings (SSSR count). The highest BCUT2D eigenvalue weighted by molar-refractivity contribution is 6.42. The molecular formula is C21H16Cl4F3NO3. The van der Waals surface area contributed by atoms with Crippen LogP contribution in [-0.4, -0.2) is 17.1 Å². The van der Waals surface area contributed by atoms with Crippen LogP contribution in [0, 0.1) is 17.3 Å². The molecule has 1 aliphatic rings. The van der Waals surface area contributed by atoms with Crippen LogP contribution in [0.1, 0.15) is 19.4 Å². The summed E-state index contributed by atoms with van der Waals surface area (Å²) in [5.74, 6) is -1.59. The van der Waals surface area contributed by atoms with Gasteiger partial charge >= 0.3 is 12.1 Å². The van der Waals surface area contributed by atoms with Crippen LogP contribution in [0.2, 0.25) is 15.2 Å². The Kier molecular flexibility index (Phi) is 7.25.